The third kappa shape index (κ3) is 3.06. The number of pyridine rings is 1. The molecule has 2 aromatic rings. The summed E-state index contributed by atoms with van der Waals surface area (Å²) in [6.07, 6.45) is -0.565. The molecule has 0 spiro atoms. The van der Waals surface area contributed by atoms with E-state index in [0.29, 0.717) is 25.9 Å². The van der Waals surface area contributed by atoms with Crippen molar-refractivity contribution in [3.8, 4) is 6.01 Å². The Morgan fingerprint density at radius 1 is 1.35 bits per heavy atom. The minimum absolute atomic E-state index is 0.0126. The van der Waals surface area contributed by atoms with Crippen LogP contribution < -0.4 is 9.64 Å². The maximum Gasteiger partial charge on any atom is 0.319 e. The highest BCUT2D eigenvalue weighted by molar-refractivity contribution is 6.30. The van der Waals surface area contributed by atoms with Crippen LogP contribution in [0.2, 0.25) is 5.15 Å². The number of fused-ring (bicyclic) bond motifs is 3. The fourth-order valence-electron chi connectivity index (χ4n) is 5.12. The number of alkyl halides is 2. The highest BCUT2D eigenvalue weighted by Gasteiger charge is 2.59. The van der Waals surface area contributed by atoms with Crippen molar-refractivity contribution >= 4 is 28.3 Å². The summed E-state index contributed by atoms with van der Waals surface area (Å²) in [7, 11) is 0. The summed E-state index contributed by atoms with van der Waals surface area (Å²) in [6, 6.07) is -1.02. The molecule has 4 aliphatic rings. The van der Waals surface area contributed by atoms with Crippen LogP contribution in [0.1, 0.15) is 22.0 Å². The number of hydrogen-bond acceptors (Lipinski definition) is 7. The molecule has 0 radical (unpaired) electrons. The zero-order valence-electron chi connectivity index (χ0n) is 18.4. The molecule has 5 atom stereocenters. The molecule has 4 fully saturated rings. The quantitative estimate of drug-likeness (QED) is 0.654. The molecule has 3 saturated heterocycles. The molecule has 31 heavy (non-hydrogen) atoms. The third-order valence-electron chi connectivity index (χ3n) is 6.64. The fraction of sp³-hybridized carbons (Fsp3) is 0.650. The Morgan fingerprint density at radius 3 is 3.10 bits per heavy atom. The zero-order chi connectivity index (χ0) is 23.1. The second-order valence-electron chi connectivity index (χ2n) is 8.51. The van der Waals surface area contributed by atoms with E-state index < -0.39 is 53.6 Å². The van der Waals surface area contributed by atoms with Gasteiger partial charge >= 0.3 is 6.01 Å². The molecule has 1 aliphatic carbocycles. The van der Waals surface area contributed by atoms with Crippen LogP contribution in [0.3, 0.4) is 0 Å². The Hall–Kier alpha value is -1.91. The van der Waals surface area contributed by atoms with Gasteiger partial charge in [0.1, 0.15) is 30.2 Å². The van der Waals surface area contributed by atoms with E-state index in [1.165, 1.54) is 6.20 Å². The lowest BCUT2D eigenvalue weighted by Crippen LogP contribution is -2.43. The summed E-state index contributed by atoms with van der Waals surface area (Å²) >= 11 is 5.86. The lowest BCUT2D eigenvalue weighted by atomic mass is 9.95. The van der Waals surface area contributed by atoms with Gasteiger partial charge in [-0.05, 0) is 19.4 Å². The monoisotopic (exact) mass is 457 g/mol. The van der Waals surface area contributed by atoms with Gasteiger partial charge in [0.15, 0.2) is 17.1 Å². The lowest BCUT2D eigenvalue weighted by molar-refractivity contribution is 0.0912. The summed E-state index contributed by atoms with van der Waals surface area (Å²) in [5.74, 6) is -0.742. The van der Waals surface area contributed by atoms with Crippen LogP contribution in [-0.4, -0.2) is 82.7 Å². The SMILES string of the molecule is [2H]C([2H])(Oc1nc(N2CCO[C@H]3[C@@H](F)[C@H]32)c2cnc(Cl)c(F)c2n1)[C@@]12CCCN1C[C@H](F)C2. The van der Waals surface area contributed by atoms with Crippen molar-refractivity contribution in [2.75, 3.05) is 37.7 Å². The van der Waals surface area contributed by atoms with E-state index in [1.807, 2.05) is 0 Å². The molecule has 0 bridgehead atoms. The normalized spacial score (nSPS) is 36.2. The zero-order valence-corrected chi connectivity index (χ0v) is 17.2. The Morgan fingerprint density at radius 2 is 2.23 bits per heavy atom. The van der Waals surface area contributed by atoms with Crippen LogP contribution >= 0.6 is 11.6 Å². The highest BCUT2D eigenvalue weighted by Crippen LogP contribution is 2.43. The molecule has 6 rings (SSSR count). The van der Waals surface area contributed by atoms with Crippen LogP contribution in [-0.2, 0) is 4.74 Å². The second kappa shape index (κ2) is 7.05. The molecule has 0 aromatic carbocycles. The average Bonchev–Trinajstić information content (AvgIpc) is 3.09. The maximum absolute atomic E-state index is 14.9. The van der Waals surface area contributed by atoms with Crippen molar-refractivity contribution in [2.24, 2.45) is 0 Å². The molecule has 0 amide bonds. The van der Waals surface area contributed by atoms with Crippen molar-refractivity contribution in [1.82, 2.24) is 19.9 Å². The van der Waals surface area contributed by atoms with E-state index in [1.54, 1.807) is 9.80 Å². The van der Waals surface area contributed by atoms with Crippen molar-refractivity contribution < 1.29 is 25.4 Å². The van der Waals surface area contributed by atoms with Gasteiger partial charge in [0.2, 0.25) is 0 Å². The van der Waals surface area contributed by atoms with E-state index in [9.17, 15) is 13.2 Å². The van der Waals surface area contributed by atoms with E-state index in [2.05, 4.69) is 15.0 Å². The van der Waals surface area contributed by atoms with Crippen LogP contribution in [0.4, 0.5) is 19.0 Å². The summed E-state index contributed by atoms with van der Waals surface area (Å²) in [6.45, 7) is -1.09. The summed E-state index contributed by atoms with van der Waals surface area (Å²) in [4.78, 5) is 15.7. The first kappa shape index (κ1) is 17.6. The number of morpholine rings is 1. The van der Waals surface area contributed by atoms with Gasteiger partial charge < -0.3 is 14.4 Å². The Balaban J connectivity index is 1.43. The molecule has 11 heteroatoms. The Bertz CT molecular complexity index is 1130. The van der Waals surface area contributed by atoms with Crippen LogP contribution in [0, 0.1) is 5.82 Å². The second-order valence-corrected chi connectivity index (χ2v) is 8.86. The van der Waals surface area contributed by atoms with Gasteiger partial charge in [-0.1, -0.05) is 11.6 Å². The molecule has 2 aromatic heterocycles. The fourth-order valence-corrected chi connectivity index (χ4v) is 5.26. The first-order chi connectivity index (χ1) is 15.7. The number of aromatic nitrogens is 3. The summed E-state index contributed by atoms with van der Waals surface area (Å²) in [5, 5.41) is -0.206. The summed E-state index contributed by atoms with van der Waals surface area (Å²) < 4.78 is 71.9. The Labute approximate surface area is 184 Å². The molecular weight excluding hydrogens is 435 g/mol. The average molecular weight is 458 g/mol. The van der Waals surface area contributed by atoms with Gasteiger partial charge in [0.05, 0.1) is 26.3 Å². The van der Waals surface area contributed by atoms with Crippen LogP contribution in [0.5, 0.6) is 6.01 Å². The van der Waals surface area contributed by atoms with Gasteiger partial charge in [-0.2, -0.15) is 9.97 Å². The first-order valence-corrected chi connectivity index (χ1v) is 10.7. The van der Waals surface area contributed by atoms with Gasteiger partial charge in [-0.25, -0.2) is 18.2 Å². The predicted molar refractivity (Wildman–Crippen MR) is 107 cm³/mol. The Kier molecular flexibility index (Phi) is 4.01. The van der Waals surface area contributed by atoms with E-state index >= 15 is 0 Å². The highest BCUT2D eigenvalue weighted by atomic mass is 35.5. The number of anilines is 1. The van der Waals surface area contributed by atoms with Gasteiger partial charge in [0, 0.05) is 25.7 Å². The largest absolute Gasteiger partial charge is 0.461 e. The molecule has 7 nitrogen and oxygen atoms in total. The molecule has 0 N–H and O–H groups in total. The van der Waals surface area contributed by atoms with Crippen molar-refractivity contribution in [2.45, 2.75) is 49.3 Å². The van der Waals surface area contributed by atoms with E-state index in [4.69, 9.17) is 23.8 Å². The molecule has 5 heterocycles. The minimum Gasteiger partial charge on any atom is -0.461 e. The van der Waals surface area contributed by atoms with E-state index in [-0.39, 0.29) is 36.3 Å². The summed E-state index contributed by atoms with van der Waals surface area (Å²) in [5.41, 5.74) is -1.37. The maximum atomic E-state index is 14.9. The topological polar surface area (TPSA) is 63.6 Å². The van der Waals surface area contributed by atoms with E-state index in [0.717, 1.165) is 0 Å². The van der Waals surface area contributed by atoms with Crippen molar-refractivity contribution in [1.29, 1.82) is 0 Å². The smallest absolute Gasteiger partial charge is 0.319 e. The standard InChI is InChI=1S/C20H21ClF3N5O2/c21-17-12(23)14-11(7-25-17)18(29-4-5-30-16-13(24)15(16)29)27-19(26-14)31-9-20-2-1-3-28(20)8-10(22)6-20/h7,10,13,15-16H,1-6,8-9H2/t10-,13+,15-,16+,20+/m1/s1/i9D2. The first-order valence-electron chi connectivity index (χ1n) is 11.3. The number of nitrogens with zero attached hydrogens (tertiary/aromatic N) is 5. The lowest BCUT2D eigenvalue weighted by Gasteiger charge is -2.31. The van der Waals surface area contributed by atoms with Crippen LogP contribution in [0.25, 0.3) is 10.9 Å². The minimum atomic E-state index is -2.35. The predicted octanol–water partition coefficient (Wildman–Crippen LogP) is 2.70. The molecular formula is C20H21ClF3N5O2. The number of hydrogen-bond donors (Lipinski definition) is 0. The number of halogens is 4. The molecule has 3 aliphatic heterocycles. The van der Waals surface area contributed by atoms with Gasteiger partial charge in [0.25, 0.3) is 0 Å². The van der Waals surface area contributed by atoms with Gasteiger partial charge in [-0.3, -0.25) is 4.90 Å². The number of rotatable bonds is 4. The molecule has 1 saturated carbocycles. The molecule has 0 unspecified atom stereocenters. The van der Waals surface area contributed by atoms with Crippen molar-refractivity contribution in [3.63, 3.8) is 0 Å². The van der Waals surface area contributed by atoms with Crippen LogP contribution in [0.15, 0.2) is 6.20 Å². The molecule has 166 valence electrons. The van der Waals surface area contributed by atoms with Gasteiger partial charge in [-0.15, -0.1) is 0 Å². The third-order valence-corrected chi connectivity index (χ3v) is 6.91. The number of ether oxygens (including phenoxy) is 2. The van der Waals surface area contributed by atoms with Crippen molar-refractivity contribution in [3.05, 3.63) is 17.2 Å².